The predicted molar refractivity (Wildman–Crippen MR) is 87.6 cm³/mol. The average Bonchev–Trinajstić information content (AvgIpc) is 2.46. The number of nitrogen functional groups attached to an aromatic ring is 1. The quantitative estimate of drug-likeness (QED) is 0.826. The number of ether oxygens (including phenoxy) is 1. The molecule has 0 amide bonds. The van der Waals surface area contributed by atoms with Crippen molar-refractivity contribution in [2.75, 3.05) is 17.2 Å². The minimum absolute atomic E-state index is 0.314. The largest absolute Gasteiger partial charge is 0.478 e. The Morgan fingerprint density at radius 1 is 1.14 bits per heavy atom. The zero-order valence-corrected chi connectivity index (χ0v) is 12.9. The zero-order valence-electron chi connectivity index (χ0n) is 12.9. The van der Waals surface area contributed by atoms with Gasteiger partial charge >= 0.3 is 0 Å². The lowest BCUT2D eigenvalue weighted by molar-refractivity contribution is 0.327. The third kappa shape index (κ3) is 3.88. The molecule has 4 nitrogen and oxygen atoms in total. The molecule has 21 heavy (non-hydrogen) atoms. The highest BCUT2D eigenvalue weighted by molar-refractivity contribution is 5.50. The summed E-state index contributed by atoms with van der Waals surface area (Å²) < 4.78 is 5.49. The van der Waals surface area contributed by atoms with Crippen molar-refractivity contribution < 1.29 is 4.74 Å². The van der Waals surface area contributed by atoms with Crippen LogP contribution in [0.3, 0.4) is 0 Å². The van der Waals surface area contributed by atoms with Gasteiger partial charge in [0.1, 0.15) is 5.82 Å². The van der Waals surface area contributed by atoms with E-state index in [1.54, 1.807) is 0 Å². The van der Waals surface area contributed by atoms with Crippen molar-refractivity contribution in [3.05, 3.63) is 48.0 Å². The maximum absolute atomic E-state index is 6.05. The summed E-state index contributed by atoms with van der Waals surface area (Å²) in [7, 11) is 0. The van der Waals surface area contributed by atoms with Crippen molar-refractivity contribution >= 4 is 11.5 Å². The van der Waals surface area contributed by atoms with Gasteiger partial charge in [0.05, 0.1) is 6.61 Å². The molecule has 1 heterocycles. The fourth-order valence-corrected chi connectivity index (χ4v) is 2.18. The highest BCUT2D eigenvalue weighted by atomic mass is 16.5. The van der Waals surface area contributed by atoms with Crippen LogP contribution in [0.15, 0.2) is 42.5 Å². The lowest BCUT2D eigenvalue weighted by Crippen LogP contribution is -2.31. The number of nitrogens with zero attached hydrogens (tertiary/aromatic N) is 2. The molecule has 0 saturated heterocycles. The maximum Gasteiger partial charge on any atom is 0.215 e. The molecule has 0 radical (unpaired) electrons. The van der Waals surface area contributed by atoms with Gasteiger partial charge in [-0.25, -0.2) is 0 Å². The van der Waals surface area contributed by atoms with E-state index in [2.05, 4.69) is 29.8 Å². The molecular weight excluding hydrogens is 262 g/mol. The first-order valence-electron chi connectivity index (χ1n) is 7.31. The van der Waals surface area contributed by atoms with E-state index in [9.17, 15) is 0 Å². The zero-order chi connectivity index (χ0) is 15.2. The number of aromatic nitrogens is 1. The van der Waals surface area contributed by atoms with E-state index < -0.39 is 0 Å². The monoisotopic (exact) mass is 285 g/mol. The minimum atomic E-state index is 0.314. The Morgan fingerprint density at radius 2 is 1.90 bits per heavy atom. The van der Waals surface area contributed by atoms with Gasteiger partial charge in [-0.3, -0.25) is 0 Å². The van der Waals surface area contributed by atoms with Crippen molar-refractivity contribution in [3.8, 4) is 5.88 Å². The van der Waals surface area contributed by atoms with Gasteiger partial charge in [0.15, 0.2) is 0 Å². The van der Waals surface area contributed by atoms with Crippen molar-refractivity contribution in [2.24, 2.45) is 0 Å². The van der Waals surface area contributed by atoms with Crippen LogP contribution in [0.25, 0.3) is 0 Å². The number of hydrogen-bond acceptors (Lipinski definition) is 4. The van der Waals surface area contributed by atoms with Gasteiger partial charge in [-0.05, 0) is 38.5 Å². The maximum atomic E-state index is 6.05. The second kappa shape index (κ2) is 6.97. The van der Waals surface area contributed by atoms with Crippen LogP contribution in [0.2, 0.25) is 0 Å². The lowest BCUT2D eigenvalue weighted by Gasteiger charge is -2.28. The number of nitrogens with two attached hydrogens (primary N) is 1. The molecule has 0 spiro atoms. The third-order valence-corrected chi connectivity index (χ3v) is 3.31. The van der Waals surface area contributed by atoms with Crippen LogP contribution < -0.4 is 15.4 Å². The Kier molecular flexibility index (Phi) is 5.04. The normalized spacial score (nSPS) is 10.7. The van der Waals surface area contributed by atoms with E-state index in [1.807, 2.05) is 43.3 Å². The Morgan fingerprint density at radius 3 is 2.57 bits per heavy atom. The number of benzene rings is 1. The Hall–Kier alpha value is -2.23. The second-order valence-electron chi connectivity index (χ2n) is 5.19. The summed E-state index contributed by atoms with van der Waals surface area (Å²) in [5, 5.41) is 0. The van der Waals surface area contributed by atoms with E-state index in [0.717, 1.165) is 23.6 Å². The molecule has 112 valence electrons. The van der Waals surface area contributed by atoms with Gasteiger partial charge in [0, 0.05) is 24.3 Å². The van der Waals surface area contributed by atoms with Gasteiger partial charge in [0.2, 0.25) is 5.88 Å². The molecule has 0 bridgehead atoms. The first-order valence-corrected chi connectivity index (χ1v) is 7.31. The average molecular weight is 285 g/mol. The smallest absolute Gasteiger partial charge is 0.215 e. The topological polar surface area (TPSA) is 51.4 Å². The molecule has 0 saturated carbocycles. The Bertz CT molecular complexity index is 584. The molecule has 0 unspecified atom stereocenters. The summed E-state index contributed by atoms with van der Waals surface area (Å²) in [5.74, 6) is 1.56. The Balaban J connectivity index is 2.27. The van der Waals surface area contributed by atoms with Gasteiger partial charge < -0.3 is 15.4 Å². The fourth-order valence-electron chi connectivity index (χ4n) is 2.18. The summed E-state index contributed by atoms with van der Waals surface area (Å²) in [4.78, 5) is 6.79. The van der Waals surface area contributed by atoms with Gasteiger partial charge in [-0.1, -0.05) is 24.3 Å². The Labute approximate surface area is 126 Å². The second-order valence-corrected chi connectivity index (χ2v) is 5.19. The molecule has 4 heteroatoms. The van der Waals surface area contributed by atoms with Crippen LogP contribution in [-0.2, 0) is 6.54 Å². The molecule has 0 aliphatic heterocycles. The van der Waals surface area contributed by atoms with E-state index in [-0.39, 0.29) is 0 Å². The SMILES string of the molecule is CCOc1cccc(N(Cc2ccccc2N)C(C)C)n1. The van der Waals surface area contributed by atoms with E-state index in [4.69, 9.17) is 10.5 Å². The highest BCUT2D eigenvalue weighted by Crippen LogP contribution is 2.22. The van der Waals surface area contributed by atoms with Crippen molar-refractivity contribution in [2.45, 2.75) is 33.4 Å². The summed E-state index contributed by atoms with van der Waals surface area (Å²) in [6.45, 7) is 7.60. The number of rotatable bonds is 6. The molecular formula is C17H23N3O. The molecule has 1 aromatic carbocycles. The van der Waals surface area contributed by atoms with Crippen molar-refractivity contribution in [3.63, 3.8) is 0 Å². The summed E-state index contributed by atoms with van der Waals surface area (Å²) in [6.07, 6.45) is 0. The lowest BCUT2D eigenvalue weighted by atomic mass is 10.1. The summed E-state index contributed by atoms with van der Waals surface area (Å²) >= 11 is 0. The van der Waals surface area contributed by atoms with Crippen molar-refractivity contribution in [1.82, 2.24) is 4.98 Å². The van der Waals surface area contributed by atoms with Crippen molar-refractivity contribution in [1.29, 1.82) is 0 Å². The van der Waals surface area contributed by atoms with Gasteiger partial charge in [-0.2, -0.15) is 4.98 Å². The molecule has 2 rings (SSSR count). The molecule has 0 aliphatic rings. The van der Waals surface area contributed by atoms with Crippen LogP contribution in [0, 0.1) is 0 Å². The van der Waals surface area contributed by atoms with Crippen LogP contribution in [0.4, 0.5) is 11.5 Å². The third-order valence-electron chi connectivity index (χ3n) is 3.31. The first-order chi connectivity index (χ1) is 10.1. The first kappa shape index (κ1) is 15.2. The standard InChI is InChI=1S/C17H23N3O/c1-4-21-17-11-7-10-16(19-17)20(13(2)3)12-14-8-5-6-9-15(14)18/h5-11,13H,4,12,18H2,1-3H3. The predicted octanol–water partition coefficient (Wildman–Crippen LogP) is 3.48. The van der Waals surface area contributed by atoms with E-state index >= 15 is 0 Å². The van der Waals surface area contributed by atoms with E-state index in [0.29, 0.717) is 18.5 Å². The molecule has 2 aromatic rings. The van der Waals surface area contributed by atoms with Crippen LogP contribution in [0.5, 0.6) is 5.88 Å². The molecule has 0 fully saturated rings. The molecule has 1 aromatic heterocycles. The van der Waals surface area contributed by atoms with Crippen LogP contribution in [-0.4, -0.2) is 17.6 Å². The van der Waals surface area contributed by atoms with Crippen LogP contribution >= 0.6 is 0 Å². The van der Waals surface area contributed by atoms with Gasteiger partial charge in [0.25, 0.3) is 0 Å². The molecule has 0 atom stereocenters. The fraction of sp³-hybridized carbons (Fsp3) is 0.353. The number of pyridine rings is 1. The molecule has 0 aliphatic carbocycles. The van der Waals surface area contributed by atoms with Crippen LogP contribution in [0.1, 0.15) is 26.3 Å². The number of anilines is 2. The highest BCUT2D eigenvalue weighted by Gasteiger charge is 2.14. The van der Waals surface area contributed by atoms with Gasteiger partial charge in [-0.15, -0.1) is 0 Å². The number of hydrogen-bond donors (Lipinski definition) is 1. The number of para-hydroxylation sites is 1. The summed E-state index contributed by atoms with van der Waals surface area (Å²) in [5.41, 5.74) is 7.97. The minimum Gasteiger partial charge on any atom is -0.478 e. The van der Waals surface area contributed by atoms with E-state index in [1.165, 1.54) is 0 Å². The molecule has 2 N–H and O–H groups in total. The summed E-state index contributed by atoms with van der Waals surface area (Å²) in [6, 6.07) is 14.1.